The number of aliphatic hydroxyl groups excluding tert-OH is 3. The molecule has 0 radical (unpaired) electrons. The highest BCUT2D eigenvalue weighted by Gasteiger charge is 2.43. The maximum atomic E-state index is 10.1. The molecule has 1 aliphatic heterocycles. The molecule has 5 N–H and O–H groups in total. The molecule has 0 unspecified atom stereocenters. The first-order valence-corrected chi connectivity index (χ1v) is 7.13. The summed E-state index contributed by atoms with van der Waals surface area (Å²) >= 11 is 7.02. The van der Waals surface area contributed by atoms with Crippen LogP contribution >= 0.6 is 23.4 Å². The van der Waals surface area contributed by atoms with Crippen LogP contribution in [-0.2, 0) is 0 Å². The molecule has 3 heterocycles. The van der Waals surface area contributed by atoms with Crippen molar-refractivity contribution >= 4 is 40.3 Å². The van der Waals surface area contributed by atoms with E-state index in [4.69, 9.17) is 17.3 Å². The second-order valence-corrected chi connectivity index (χ2v) is 6.13. The quantitative estimate of drug-likeness (QED) is 0.540. The maximum absolute atomic E-state index is 10.1. The van der Waals surface area contributed by atoms with Gasteiger partial charge in [-0.25, -0.2) is 4.98 Å². The number of hydrogen-bond donors (Lipinski definition) is 4. The third kappa shape index (κ3) is 2.02. The summed E-state index contributed by atoms with van der Waals surface area (Å²) in [7, 11) is 0. The summed E-state index contributed by atoms with van der Waals surface area (Å²) in [6.45, 7) is -0.232. The molecule has 0 amide bonds. The molecule has 0 aromatic carbocycles. The van der Waals surface area contributed by atoms with Crippen molar-refractivity contribution in [3.63, 3.8) is 0 Å². The fourth-order valence-corrected chi connectivity index (χ4v) is 3.75. The fourth-order valence-electron chi connectivity index (χ4n) is 2.21. The second kappa shape index (κ2) is 5.01. The number of anilines is 1. The molecule has 2 aromatic rings. The molecule has 0 spiro atoms. The van der Waals surface area contributed by atoms with Gasteiger partial charge in [0.25, 0.3) is 0 Å². The van der Waals surface area contributed by atoms with Crippen molar-refractivity contribution in [1.29, 1.82) is 0 Å². The van der Waals surface area contributed by atoms with Crippen LogP contribution in [0.2, 0.25) is 5.28 Å². The highest BCUT2D eigenvalue weighted by atomic mass is 35.5. The topological polar surface area (TPSA) is 130 Å². The van der Waals surface area contributed by atoms with Gasteiger partial charge in [-0.2, -0.15) is 9.97 Å². The SMILES string of the molecule is Nc1nc(Cl)nc2c1ncn2[C@H]1S[C@H](CO)[C@@H](O)[C@@H]1O. The first kappa shape index (κ1) is 13.8. The molecule has 0 bridgehead atoms. The third-order valence-electron chi connectivity index (χ3n) is 3.21. The minimum absolute atomic E-state index is 0.0199. The number of nitrogen functional groups attached to an aromatic ring is 1. The Kier molecular flexibility index (Phi) is 3.46. The van der Waals surface area contributed by atoms with E-state index >= 15 is 0 Å². The number of hydrogen-bond acceptors (Lipinski definition) is 8. The zero-order chi connectivity index (χ0) is 14.4. The Morgan fingerprint density at radius 2 is 2.10 bits per heavy atom. The van der Waals surface area contributed by atoms with Crippen LogP contribution in [0.1, 0.15) is 5.37 Å². The van der Waals surface area contributed by atoms with Crippen LogP contribution in [0.3, 0.4) is 0 Å². The molecule has 0 saturated carbocycles. The lowest BCUT2D eigenvalue weighted by Crippen LogP contribution is -2.32. The van der Waals surface area contributed by atoms with Crippen molar-refractivity contribution in [2.75, 3.05) is 12.3 Å². The lowest BCUT2D eigenvalue weighted by molar-refractivity contribution is 0.0113. The standard InChI is InChI=1S/C10H12ClN5O3S/c11-10-14-7(12)4-8(15-10)16(2-13-4)9-6(19)5(18)3(1-17)20-9/h2-3,5-6,9,17-19H,1H2,(H2,12,14,15)/t3-,5-,6+,9+/m1/s1. The van der Waals surface area contributed by atoms with Gasteiger partial charge in [-0.15, -0.1) is 11.8 Å². The van der Waals surface area contributed by atoms with E-state index < -0.39 is 22.8 Å². The number of nitrogens with two attached hydrogens (primary N) is 1. The summed E-state index contributed by atoms with van der Waals surface area (Å²) in [5.41, 5.74) is 6.47. The van der Waals surface area contributed by atoms with Crippen LogP contribution in [0.5, 0.6) is 0 Å². The van der Waals surface area contributed by atoms with Crippen molar-refractivity contribution in [2.24, 2.45) is 0 Å². The number of aromatic nitrogens is 4. The van der Waals surface area contributed by atoms with Crippen molar-refractivity contribution in [3.8, 4) is 0 Å². The Labute approximate surface area is 122 Å². The minimum Gasteiger partial charge on any atom is -0.395 e. The highest BCUT2D eigenvalue weighted by Crippen LogP contribution is 2.42. The number of halogens is 1. The van der Waals surface area contributed by atoms with Gasteiger partial charge in [0.2, 0.25) is 5.28 Å². The molecule has 2 aromatic heterocycles. The maximum Gasteiger partial charge on any atom is 0.226 e. The van der Waals surface area contributed by atoms with Gasteiger partial charge in [0.1, 0.15) is 17.0 Å². The van der Waals surface area contributed by atoms with Gasteiger partial charge < -0.3 is 21.1 Å². The average molecular weight is 318 g/mol. The Bertz CT molecular complexity index is 653. The van der Waals surface area contributed by atoms with E-state index in [2.05, 4.69) is 15.0 Å². The highest BCUT2D eigenvalue weighted by molar-refractivity contribution is 8.00. The molecule has 4 atom stereocenters. The summed E-state index contributed by atoms with van der Waals surface area (Å²) in [6, 6.07) is 0. The first-order chi connectivity index (χ1) is 9.52. The Hall–Kier alpha value is -1.13. The molecule has 8 nitrogen and oxygen atoms in total. The van der Waals surface area contributed by atoms with E-state index in [-0.39, 0.29) is 17.7 Å². The lowest BCUT2D eigenvalue weighted by Gasteiger charge is -2.17. The van der Waals surface area contributed by atoms with Crippen molar-refractivity contribution in [1.82, 2.24) is 19.5 Å². The van der Waals surface area contributed by atoms with Crippen molar-refractivity contribution < 1.29 is 15.3 Å². The van der Waals surface area contributed by atoms with Gasteiger partial charge in [-0.05, 0) is 11.6 Å². The van der Waals surface area contributed by atoms with E-state index in [1.165, 1.54) is 18.1 Å². The van der Waals surface area contributed by atoms with Gasteiger partial charge in [-0.3, -0.25) is 4.57 Å². The molecule has 1 fully saturated rings. The number of thioether (sulfide) groups is 1. The zero-order valence-electron chi connectivity index (χ0n) is 10.1. The predicted octanol–water partition coefficient (Wildman–Crippen LogP) is -0.610. The zero-order valence-corrected chi connectivity index (χ0v) is 11.7. The summed E-state index contributed by atoms with van der Waals surface area (Å²) in [4.78, 5) is 12.0. The fraction of sp³-hybridized carbons (Fsp3) is 0.500. The molecular weight excluding hydrogens is 306 g/mol. The molecule has 0 aliphatic carbocycles. The Morgan fingerprint density at radius 1 is 1.35 bits per heavy atom. The Balaban J connectivity index is 2.07. The van der Waals surface area contributed by atoms with E-state index in [0.29, 0.717) is 11.2 Å². The normalized spacial score (nSPS) is 30.2. The second-order valence-electron chi connectivity index (χ2n) is 4.43. The Morgan fingerprint density at radius 3 is 2.75 bits per heavy atom. The monoisotopic (exact) mass is 317 g/mol. The molecular formula is C10H12ClN5O3S. The van der Waals surface area contributed by atoms with Crippen LogP contribution in [0.4, 0.5) is 5.82 Å². The van der Waals surface area contributed by atoms with E-state index in [1.807, 2.05) is 0 Å². The summed E-state index contributed by atoms with van der Waals surface area (Å²) in [5, 5.41) is 28.1. The molecule has 1 saturated heterocycles. The number of aliphatic hydroxyl groups is 3. The van der Waals surface area contributed by atoms with Crippen LogP contribution in [0, 0.1) is 0 Å². The smallest absolute Gasteiger partial charge is 0.226 e. The number of rotatable bonds is 2. The number of fused-ring (bicyclic) bond motifs is 1. The van der Waals surface area contributed by atoms with Gasteiger partial charge in [-0.1, -0.05) is 0 Å². The van der Waals surface area contributed by atoms with Gasteiger partial charge in [0, 0.05) is 0 Å². The molecule has 108 valence electrons. The summed E-state index contributed by atoms with van der Waals surface area (Å²) in [6.07, 6.45) is -0.619. The predicted molar refractivity (Wildman–Crippen MR) is 74.3 cm³/mol. The van der Waals surface area contributed by atoms with Gasteiger partial charge in [0.15, 0.2) is 11.5 Å². The van der Waals surface area contributed by atoms with Crippen LogP contribution in [0.25, 0.3) is 11.2 Å². The van der Waals surface area contributed by atoms with Crippen molar-refractivity contribution in [2.45, 2.75) is 22.8 Å². The van der Waals surface area contributed by atoms with Gasteiger partial charge in [0.05, 0.1) is 24.3 Å². The van der Waals surface area contributed by atoms with E-state index in [1.54, 1.807) is 4.57 Å². The lowest BCUT2D eigenvalue weighted by atomic mass is 10.1. The minimum atomic E-state index is -1.05. The molecule has 20 heavy (non-hydrogen) atoms. The van der Waals surface area contributed by atoms with Crippen LogP contribution in [-0.4, -0.2) is 58.9 Å². The number of imidazole rings is 1. The van der Waals surface area contributed by atoms with Crippen molar-refractivity contribution in [3.05, 3.63) is 11.6 Å². The van der Waals surface area contributed by atoms with E-state index in [9.17, 15) is 15.3 Å². The molecule has 1 aliphatic rings. The number of nitrogens with zero attached hydrogens (tertiary/aromatic N) is 4. The third-order valence-corrected chi connectivity index (χ3v) is 4.94. The molecule has 3 rings (SSSR count). The molecule has 10 heteroatoms. The van der Waals surface area contributed by atoms with Crippen LogP contribution in [0.15, 0.2) is 6.33 Å². The first-order valence-electron chi connectivity index (χ1n) is 5.81. The largest absolute Gasteiger partial charge is 0.395 e. The summed E-state index contributed by atoms with van der Waals surface area (Å²) < 4.78 is 1.58. The van der Waals surface area contributed by atoms with Gasteiger partial charge >= 0.3 is 0 Å². The van der Waals surface area contributed by atoms with Crippen LogP contribution < -0.4 is 5.73 Å². The summed E-state index contributed by atoms with van der Waals surface area (Å²) in [5.74, 6) is 0.149. The van der Waals surface area contributed by atoms with E-state index in [0.717, 1.165) is 0 Å². The average Bonchev–Trinajstić information content (AvgIpc) is 2.93.